The summed E-state index contributed by atoms with van der Waals surface area (Å²) in [6.07, 6.45) is 0. The molecule has 6 rings (SSSR count). The van der Waals surface area contributed by atoms with Gasteiger partial charge in [-0.25, -0.2) is 0 Å². The number of hydrazone groups is 1. The standard InChI is InChI=1S/C28H22N4O2S2/c1-18-23(25(33)32(29-18)20-13-7-4-8-14-20)27-31(17-19-11-5-3-6-12-19)26(34)24(36-27)28-30(2)21-15-9-10-16-22(21)35-28/h3-16H,17H2,1-2H3/b27-23?,28-24-. The number of fused-ring (bicyclic) bond motifs is 1. The van der Waals surface area contributed by atoms with Gasteiger partial charge in [-0.2, -0.15) is 10.1 Å². The van der Waals surface area contributed by atoms with E-state index in [9.17, 15) is 9.59 Å². The molecule has 0 aliphatic carbocycles. The van der Waals surface area contributed by atoms with Gasteiger partial charge in [0.05, 0.1) is 29.2 Å². The number of rotatable bonds is 3. The molecule has 0 atom stereocenters. The van der Waals surface area contributed by atoms with Crippen molar-refractivity contribution in [3.63, 3.8) is 0 Å². The average Bonchev–Trinajstić information content (AvgIpc) is 3.51. The fraction of sp³-hybridized carbons (Fsp3) is 0.107. The number of anilines is 2. The van der Waals surface area contributed by atoms with Crippen molar-refractivity contribution < 1.29 is 4.79 Å². The molecule has 2 aliphatic rings. The van der Waals surface area contributed by atoms with E-state index in [1.165, 1.54) is 16.3 Å². The summed E-state index contributed by atoms with van der Waals surface area (Å²) in [5, 5.41) is 6.85. The first-order chi connectivity index (χ1) is 17.5. The van der Waals surface area contributed by atoms with Gasteiger partial charge >= 0.3 is 0 Å². The quantitative estimate of drug-likeness (QED) is 0.420. The summed E-state index contributed by atoms with van der Waals surface area (Å²) in [4.78, 5) is 30.7. The first-order valence-corrected chi connectivity index (χ1v) is 13.1. The maximum atomic E-state index is 13.9. The lowest BCUT2D eigenvalue weighted by Crippen LogP contribution is -2.36. The zero-order valence-electron chi connectivity index (χ0n) is 19.7. The summed E-state index contributed by atoms with van der Waals surface area (Å²) in [5.41, 5.74) is 3.71. The molecule has 0 fully saturated rings. The van der Waals surface area contributed by atoms with Crippen LogP contribution in [0.25, 0.3) is 10.6 Å². The second-order valence-electron chi connectivity index (χ2n) is 8.56. The van der Waals surface area contributed by atoms with E-state index in [1.807, 2.05) is 86.8 Å². The summed E-state index contributed by atoms with van der Waals surface area (Å²) in [6.45, 7) is 2.20. The fourth-order valence-corrected chi connectivity index (χ4v) is 6.98. The number of thioether (sulfide) groups is 1. The molecule has 0 spiro atoms. The maximum Gasteiger partial charge on any atom is 0.283 e. The number of carbonyl (C=O) groups excluding carboxylic acids is 1. The van der Waals surface area contributed by atoms with Crippen LogP contribution in [0, 0.1) is 0 Å². The predicted octanol–water partition coefficient (Wildman–Crippen LogP) is 3.84. The van der Waals surface area contributed by atoms with Crippen molar-refractivity contribution in [1.82, 2.24) is 4.57 Å². The van der Waals surface area contributed by atoms with Crippen LogP contribution in [0.4, 0.5) is 11.4 Å². The molecule has 0 saturated carbocycles. The predicted molar refractivity (Wildman–Crippen MR) is 148 cm³/mol. The molecule has 0 unspecified atom stereocenters. The van der Waals surface area contributed by atoms with E-state index in [4.69, 9.17) is 0 Å². The highest BCUT2D eigenvalue weighted by Gasteiger charge is 2.32. The molecule has 0 saturated heterocycles. The number of aromatic nitrogens is 1. The lowest BCUT2D eigenvalue weighted by Gasteiger charge is -2.11. The summed E-state index contributed by atoms with van der Waals surface area (Å²) >= 11 is 2.95. The van der Waals surface area contributed by atoms with E-state index in [-0.39, 0.29) is 11.5 Å². The van der Waals surface area contributed by atoms with Crippen LogP contribution >= 0.6 is 23.1 Å². The Morgan fingerprint density at radius 1 is 0.861 bits per heavy atom. The SMILES string of the molecule is CC1=NN(c2ccccc2)C(=O)C1=c1s/c(=C2\Sc3ccccc3N2C)c(=O)n1Cc1ccccc1. The highest BCUT2D eigenvalue weighted by molar-refractivity contribution is 8.08. The van der Waals surface area contributed by atoms with Crippen molar-refractivity contribution in [1.29, 1.82) is 0 Å². The van der Waals surface area contributed by atoms with Crippen LogP contribution in [0.2, 0.25) is 0 Å². The Hall–Kier alpha value is -3.88. The Kier molecular flexibility index (Phi) is 5.62. The van der Waals surface area contributed by atoms with E-state index < -0.39 is 0 Å². The molecule has 1 amide bonds. The molecule has 36 heavy (non-hydrogen) atoms. The van der Waals surface area contributed by atoms with E-state index in [0.717, 1.165) is 21.2 Å². The Labute approximate surface area is 216 Å². The van der Waals surface area contributed by atoms with Crippen molar-refractivity contribution in [2.45, 2.75) is 18.4 Å². The smallest absolute Gasteiger partial charge is 0.283 e. The van der Waals surface area contributed by atoms with Gasteiger partial charge in [-0.3, -0.25) is 14.2 Å². The van der Waals surface area contributed by atoms with Gasteiger partial charge in [-0.05, 0) is 36.8 Å². The maximum absolute atomic E-state index is 13.9. The third-order valence-corrected chi connectivity index (χ3v) is 8.79. The Morgan fingerprint density at radius 2 is 1.53 bits per heavy atom. The number of hydrogen-bond acceptors (Lipinski definition) is 6. The molecule has 8 heteroatoms. The van der Waals surface area contributed by atoms with Gasteiger partial charge in [0.25, 0.3) is 11.5 Å². The normalized spacial score (nSPS) is 18.1. The topological polar surface area (TPSA) is 57.9 Å². The lowest BCUT2D eigenvalue weighted by molar-refractivity contribution is -0.112. The molecule has 4 aromatic rings. The monoisotopic (exact) mass is 510 g/mol. The first-order valence-electron chi connectivity index (χ1n) is 11.5. The second-order valence-corrected chi connectivity index (χ2v) is 10.6. The third-order valence-electron chi connectivity index (χ3n) is 6.23. The van der Waals surface area contributed by atoms with E-state index >= 15 is 0 Å². The second kappa shape index (κ2) is 8.96. The molecule has 6 nitrogen and oxygen atoms in total. The van der Waals surface area contributed by atoms with Gasteiger partial charge in [0.2, 0.25) is 0 Å². The number of para-hydroxylation sites is 2. The van der Waals surface area contributed by atoms with Crippen molar-refractivity contribution in [2.75, 3.05) is 17.0 Å². The molecule has 1 aromatic heterocycles. The van der Waals surface area contributed by atoms with E-state index in [0.29, 0.717) is 32.7 Å². The molecule has 0 N–H and O–H groups in total. The van der Waals surface area contributed by atoms with Gasteiger partial charge in [0.15, 0.2) is 0 Å². The van der Waals surface area contributed by atoms with Crippen molar-refractivity contribution in [3.05, 3.63) is 110 Å². The van der Waals surface area contributed by atoms with Crippen LogP contribution in [0.5, 0.6) is 0 Å². The van der Waals surface area contributed by atoms with Gasteiger partial charge < -0.3 is 4.90 Å². The molecule has 0 radical (unpaired) electrons. The Balaban J connectivity index is 1.59. The first kappa shape index (κ1) is 22.6. The van der Waals surface area contributed by atoms with Gasteiger partial charge in [0, 0.05) is 11.9 Å². The number of benzene rings is 3. The molecule has 0 bridgehead atoms. The van der Waals surface area contributed by atoms with Crippen LogP contribution in [0.3, 0.4) is 0 Å². The Morgan fingerprint density at radius 3 is 2.25 bits per heavy atom. The number of amides is 1. The lowest BCUT2D eigenvalue weighted by atomic mass is 10.2. The van der Waals surface area contributed by atoms with E-state index in [2.05, 4.69) is 22.1 Å². The average molecular weight is 511 g/mol. The van der Waals surface area contributed by atoms with Crippen molar-refractivity contribution in [2.24, 2.45) is 5.10 Å². The molecule has 178 valence electrons. The molecular weight excluding hydrogens is 488 g/mol. The minimum absolute atomic E-state index is 0.104. The number of thiazole rings is 1. The molecule has 3 heterocycles. The number of nitrogens with zero attached hydrogens (tertiary/aromatic N) is 4. The Bertz CT molecular complexity index is 1710. The largest absolute Gasteiger partial charge is 0.337 e. The third kappa shape index (κ3) is 3.70. The van der Waals surface area contributed by atoms with Crippen LogP contribution in [0.1, 0.15) is 12.5 Å². The molecule has 3 aromatic carbocycles. The van der Waals surface area contributed by atoms with Gasteiger partial charge in [0.1, 0.15) is 14.2 Å². The van der Waals surface area contributed by atoms with E-state index in [1.54, 1.807) is 16.3 Å². The molecule has 2 aliphatic heterocycles. The minimum Gasteiger partial charge on any atom is -0.337 e. The zero-order valence-corrected chi connectivity index (χ0v) is 21.3. The van der Waals surface area contributed by atoms with Crippen molar-refractivity contribution >= 4 is 56.7 Å². The summed E-state index contributed by atoms with van der Waals surface area (Å²) < 4.78 is 2.97. The highest BCUT2D eigenvalue weighted by atomic mass is 32.2. The van der Waals surface area contributed by atoms with Gasteiger partial charge in [-0.1, -0.05) is 72.4 Å². The van der Waals surface area contributed by atoms with Crippen molar-refractivity contribution in [3.8, 4) is 0 Å². The fourth-order valence-electron chi connectivity index (χ4n) is 4.44. The minimum atomic E-state index is -0.228. The highest BCUT2D eigenvalue weighted by Crippen LogP contribution is 2.44. The van der Waals surface area contributed by atoms with Gasteiger partial charge in [-0.15, -0.1) is 11.3 Å². The summed E-state index contributed by atoms with van der Waals surface area (Å²) in [7, 11) is 1.98. The molecular formula is C28H22N4O2S2. The zero-order chi connectivity index (χ0) is 24.8. The van der Waals surface area contributed by atoms with Crippen LogP contribution in [-0.4, -0.2) is 23.2 Å². The summed E-state index contributed by atoms with van der Waals surface area (Å²) in [5.74, 6) is -0.228. The number of hydrogen-bond donors (Lipinski definition) is 0. The van der Waals surface area contributed by atoms with Crippen LogP contribution in [-0.2, 0) is 11.3 Å². The van der Waals surface area contributed by atoms with Crippen LogP contribution < -0.4 is 24.7 Å². The van der Waals surface area contributed by atoms with Crippen LogP contribution in [0.15, 0.2) is 99.7 Å². The summed E-state index contributed by atoms with van der Waals surface area (Å²) in [6, 6.07) is 27.3. The number of carbonyl (C=O) groups is 1.